The minimum Gasteiger partial charge on any atom is -0.457 e. The van der Waals surface area contributed by atoms with Crippen LogP contribution in [0.2, 0.25) is 0 Å². The van der Waals surface area contributed by atoms with Crippen LogP contribution in [-0.4, -0.2) is 32.4 Å². The van der Waals surface area contributed by atoms with Gasteiger partial charge in [0.25, 0.3) is 11.6 Å². The van der Waals surface area contributed by atoms with E-state index in [1.54, 1.807) is 10.7 Å². The van der Waals surface area contributed by atoms with Crippen LogP contribution >= 0.6 is 0 Å². The molecule has 0 saturated carbocycles. The predicted molar refractivity (Wildman–Crippen MR) is 122 cm³/mol. The third-order valence-corrected chi connectivity index (χ3v) is 5.14. The lowest BCUT2D eigenvalue weighted by Gasteiger charge is -2.12. The molecule has 0 spiro atoms. The maximum Gasteiger partial charge on any atom is 0.275 e. The van der Waals surface area contributed by atoms with E-state index in [0.29, 0.717) is 11.5 Å². The van der Waals surface area contributed by atoms with E-state index in [9.17, 15) is 14.9 Å². The molecule has 1 aromatic heterocycles. The second-order valence-electron chi connectivity index (χ2n) is 7.70. The Hall–Kier alpha value is -4.21. The molecule has 1 unspecified atom stereocenters. The topological polar surface area (TPSA) is 121 Å². The molecule has 0 radical (unpaired) electrons. The van der Waals surface area contributed by atoms with E-state index in [0.717, 1.165) is 23.4 Å². The molecule has 1 aliphatic heterocycles. The van der Waals surface area contributed by atoms with E-state index in [1.165, 1.54) is 18.2 Å². The van der Waals surface area contributed by atoms with Gasteiger partial charge in [0.1, 0.15) is 11.5 Å². The summed E-state index contributed by atoms with van der Waals surface area (Å²) in [5.41, 5.74) is 3.27. The van der Waals surface area contributed by atoms with Crippen molar-refractivity contribution in [3.63, 3.8) is 0 Å². The Balaban J connectivity index is 1.49. The van der Waals surface area contributed by atoms with Gasteiger partial charge in [-0.3, -0.25) is 19.6 Å². The number of aryl methyl sites for hydroxylation is 3. The fourth-order valence-electron chi connectivity index (χ4n) is 3.50. The van der Waals surface area contributed by atoms with Crippen molar-refractivity contribution in [1.82, 2.24) is 9.78 Å². The van der Waals surface area contributed by atoms with Crippen LogP contribution in [0.1, 0.15) is 30.2 Å². The van der Waals surface area contributed by atoms with Crippen LogP contribution in [0.3, 0.4) is 0 Å². The average molecular weight is 449 g/mol. The standard InChI is InChI=1S/C23H23N5O5/c1-4-27-13-20(15(3)25-27)21-12-22(33-26-21)23(29)24-16-9-17(28(30)31)11-19(10-16)32-18-7-5-6-14(2)8-18/h5-11,13,22H,4,12H2,1-3H3,(H,24,29). The lowest BCUT2D eigenvalue weighted by molar-refractivity contribution is -0.384. The Bertz CT molecular complexity index is 1250. The highest BCUT2D eigenvalue weighted by molar-refractivity contribution is 6.06. The molecule has 1 amide bonds. The van der Waals surface area contributed by atoms with Crippen LogP contribution in [-0.2, 0) is 16.2 Å². The summed E-state index contributed by atoms with van der Waals surface area (Å²) >= 11 is 0. The second kappa shape index (κ2) is 9.11. The van der Waals surface area contributed by atoms with Gasteiger partial charge in [-0.15, -0.1) is 0 Å². The summed E-state index contributed by atoms with van der Waals surface area (Å²) in [5.74, 6) is 0.307. The SMILES string of the molecule is CCn1cc(C2=NOC(C(=O)Nc3cc(Oc4cccc(C)c4)cc([N+](=O)[O-])c3)C2)c(C)n1. The normalized spacial score (nSPS) is 15.0. The molecule has 2 aromatic carbocycles. The molecular formula is C23H23N5O5. The van der Waals surface area contributed by atoms with Gasteiger partial charge in [0.15, 0.2) is 0 Å². The van der Waals surface area contributed by atoms with Gasteiger partial charge in [0, 0.05) is 36.9 Å². The number of nitro groups is 1. The highest BCUT2D eigenvalue weighted by atomic mass is 16.6. The first-order valence-electron chi connectivity index (χ1n) is 10.4. The molecule has 0 saturated heterocycles. The highest BCUT2D eigenvalue weighted by Crippen LogP contribution is 2.30. The molecule has 3 aromatic rings. The first kappa shape index (κ1) is 22.0. The number of rotatable bonds is 7. The van der Waals surface area contributed by atoms with Crippen molar-refractivity contribution >= 4 is 23.0 Å². The Labute approximate surface area is 190 Å². The lowest BCUT2D eigenvalue weighted by Crippen LogP contribution is -2.28. The highest BCUT2D eigenvalue weighted by Gasteiger charge is 2.31. The van der Waals surface area contributed by atoms with Gasteiger partial charge in [-0.1, -0.05) is 17.3 Å². The van der Waals surface area contributed by atoms with Crippen molar-refractivity contribution in [3.05, 3.63) is 75.6 Å². The number of non-ortho nitro benzene ring substituents is 1. The zero-order valence-electron chi connectivity index (χ0n) is 18.4. The van der Waals surface area contributed by atoms with E-state index in [-0.39, 0.29) is 23.5 Å². The number of ether oxygens (including phenoxy) is 1. The van der Waals surface area contributed by atoms with Gasteiger partial charge >= 0.3 is 0 Å². The minimum atomic E-state index is -0.857. The summed E-state index contributed by atoms with van der Waals surface area (Å²) in [4.78, 5) is 29.0. The molecule has 0 bridgehead atoms. The van der Waals surface area contributed by atoms with Crippen molar-refractivity contribution < 1.29 is 19.3 Å². The number of nitrogens with one attached hydrogen (secondary N) is 1. The van der Waals surface area contributed by atoms with Crippen molar-refractivity contribution in [2.45, 2.75) is 39.8 Å². The molecule has 10 nitrogen and oxygen atoms in total. The molecule has 4 rings (SSSR count). The summed E-state index contributed by atoms with van der Waals surface area (Å²) in [6.07, 6.45) is 1.28. The van der Waals surface area contributed by atoms with Crippen molar-refractivity contribution in [1.29, 1.82) is 0 Å². The van der Waals surface area contributed by atoms with Crippen LogP contribution in [0.5, 0.6) is 11.5 Å². The number of aromatic nitrogens is 2. The molecule has 1 atom stereocenters. The fourth-order valence-corrected chi connectivity index (χ4v) is 3.50. The average Bonchev–Trinajstić information content (AvgIpc) is 3.40. The number of anilines is 1. The van der Waals surface area contributed by atoms with Crippen LogP contribution in [0.4, 0.5) is 11.4 Å². The zero-order valence-corrected chi connectivity index (χ0v) is 18.4. The first-order chi connectivity index (χ1) is 15.8. The maximum atomic E-state index is 12.8. The van der Waals surface area contributed by atoms with Gasteiger partial charge in [-0.05, 0) is 38.5 Å². The number of benzene rings is 2. The smallest absolute Gasteiger partial charge is 0.275 e. The molecule has 10 heteroatoms. The van der Waals surface area contributed by atoms with E-state index < -0.39 is 16.9 Å². The van der Waals surface area contributed by atoms with Crippen molar-refractivity contribution in [2.24, 2.45) is 5.16 Å². The molecule has 33 heavy (non-hydrogen) atoms. The van der Waals surface area contributed by atoms with Crippen LogP contribution in [0, 0.1) is 24.0 Å². The Morgan fingerprint density at radius 1 is 1.27 bits per heavy atom. The molecular weight excluding hydrogens is 426 g/mol. The lowest BCUT2D eigenvalue weighted by atomic mass is 10.1. The molecule has 170 valence electrons. The van der Waals surface area contributed by atoms with Crippen LogP contribution < -0.4 is 10.1 Å². The number of nitro benzene ring substituents is 1. The molecule has 1 N–H and O–H groups in total. The number of hydrogen-bond donors (Lipinski definition) is 1. The summed E-state index contributed by atoms with van der Waals surface area (Å²) in [7, 11) is 0. The van der Waals surface area contributed by atoms with Gasteiger partial charge in [-0.25, -0.2) is 0 Å². The van der Waals surface area contributed by atoms with E-state index >= 15 is 0 Å². The van der Waals surface area contributed by atoms with E-state index in [2.05, 4.69) is 15.6 Å². The number of nitrogens with zero attached hydrogens (tertiary/aromatic N) is 4. The summed E-state index contributed by atoms with van der Waals surface area (Å²) < 4.78 is 7.57. The maximum absolute atomic E-state index is 12.8. The summed E-state index contributed by atoms with van der Waals surface area (Å²) in [5, 5.41) is 22.5. The Morgan fingerprint density at radius 2 is 2.09 bits per heavy atom. The number of carbonyl (C=O) groups excluding carboxylic acids is 1. The van der Waals surface area contributed by atoms with Crippen molar-refractivity contribution in [3.8, 4) is 11.5 Å². The number of hydrogen-bond acceptors (Lipinski definition) is 7. The number of amides is 1. The van der Waals surface area contributed by atoms with E-state index in [1.807, 2.05) is 45.2 Å². The van der Waals surface area contributed by atoms with Gasteiger partial charge in [-0.2, -0.15) is 5.10 Å². The summed E-state index contributed by atoms with van der Waals surface area (Å²) in [6.45, 7) is 6.49. The second-order valence-corrected chi connectivity index (χ2v) is 7.70. The third-order valence-electron chi connectivity index (χ3n) is 5.14. The van der Waals surface area contributed by atoms with Gasteiger partial charge in [0.05, 0.1) is 28.1 Å². The van der Waals surface area contributed by atoms with E-state index in [4.69, 9.17) is 9.57 Å². The minimum absolute atomic E-state index is 0.206. The summed E-state index contributed by atoms with van der Waals surface area (Å²) in [6, 6.07) is 11.4. The van der Waals surface area contributed by atoms with Crippen LogP contribution in [0.15, 0.2) is 53.8 Å². The monoisotopic (exact) mass is 449 g/mol. The first-order valence-corrected chi connectivity index (χ1v) is 10.4. The number of carbonyl (C=O) groups is 1. The van der Waals surface area contributed by atoms with Crippen molar-refractivity contribution in [2.75, 3.05) is 5.32 Å². The Morgan fingerprint density at radius 3 is 2.79 bits per heavy atom. The Kier molecular flexibility index (Phi) is 6.07. The molecule has 2 heterocycles. The van der Waals surface area contributed by atoms with Gasteiger partial charge < -0.3 is 14.9 Å². The molecule has 1 aliphatic rings. The zero-order chi connectivity index (χ0) is 23.5. The fraction of sp³-hybridized carbons (Fsp3) is 0.261. The van der Waals surface area contributed by atoms with Crippen LogP contribution in [0.25, 0.3) is 0 Å². The number of oxime groups is 1. The predicted octanol–water partition coefficient (Wildman–Crippen LogP) is 4.35. The van der Waals surface area contributed by atoms with Gasteiger partial charge in [0.2, 0.25) is 6.10 Å². The third kappa shape index (κ3) is 5.00. The largest absolute Gasteiger partial charge is 0.457 e. The molecule has 0 aliphatic carbocycles. The molecule has 0 fully saturated rings. The quantitative estimate of drug-likeness (QED) is 0.423.